The van der Waals surface area contributed by atoms with Crippen LogP contribution in [0.25, 0.3) is 0 Å². The summed E-state index contributed by atoms with van der Waals surface area (Å²) in [6, 6.07) is 9.62. The molecule has 1 aromatic heterocycles. The molecule has 1 fully saturated rings. The molecule has 0 amide bonds. The average molecular weight is 298 g/mol. The van der Waals surface area contributed by atoms with Crippen LogP contribution in [0.3, 0.4) is 0 Å². The van der Waals surface area contributed by atoms with Gasteiger partial charge in [-0.25, -0.2) is 4.98 Å². The number of aromatic nitrogens is 1. The van der Waals surface area contributed by atoms with Crippen LogP contribution in [0.15, 0.2) is 29.6 Å². The first-order valence-electron chi connectivity index (χ1n) is 7.94. The number of rotatable bonds is 4. The van der Waals surface area contributed by atoms with Crippen LogP contribution in [-0.4, -0.2) is 18.1 Å². The number of fused-ring (bicyclic) bond motifs is 3. The van der Waals surface area contributed by atoms with E-state index in [-0.39, 0.29) is 0 Å². The molecule has 2 aromatic rings. The summed E-state index contributed by atoms with van der Waals surface area (Å²) >= 11 is 1.76. The van der Waals surface area contributed by atoms with Crippen LogP contribution in [0.1, 0.15) is 34.2 Å². The predicted octanol–water partition coefficient (Wildman–Crippen LogP) is 3.56. The van der Waals surface area contributed by atoms with Crippen molar-refractivity contribution in [3.8, 4) is 0 Å². The summed E-state index contributed by atoms with van der Waals surface area (Å²) in [7, 11) is 2.11. The monoisotopic (exact) mass is 298 g/mol. The number of benzene rings is 1. The molecule has 0 bridgehead atoms. The molecule has 2 aliphatic carbocycles. The molecule has 1 aromatic carbocycles. The first-order chi connectivity index (χ1) is 10.3. The van der Waals surface area contributed by atoms with Crippen LogP contribution < -0.4 is 5.32 Å². The molecule has 4 rings (SSSR count). The number of hydrogen-bond acceptors (Lipinski definition) is 3. The fourth-order valence-electron chi connectivity index (χ4n) is 4.33. The van der Waals surface area contributed by atoms with Gasteiger partial charge in [-0.05, 0) is 55.7 Å². The summed E-state index contributed by atoms with van der Waals surface area (Å²) in [6.45, 7) is 2.09. The minimum atomic E-state index is 0.563. The van der Waals surface area contributed by atoms with Crippen molar-refractivity contribution in [3.05, 3.63) is 51.5 Å². The fraction of sp³-hybridized carbons (Fsp3) is 0.500. The summed E-state index contributed by atoms with van der Waals surface area (Å²) in [5.74, 6) is 2.46. The van der Waals surface area contributed by atoms with Gasteiger partial charge in [-0.2, -0.15) is 0 Å². The van der Waals surface area contributed by atoms with Crippen molar-refractivity contribution >= 4 is 11.3 Å². The van der Waals surface area contributed by atoms with Crippen molar-refractivity contribution in [2.45, 2.75) is 38.1 Å². The van der Waals surface area contributed by atoms with Crippen LogP contribution in [0.5, 0.6) is 0 Å². The highest BCUT2D eigenvalue weighted by atomic mass is 32.1. The maximum atomic E-state index is 4.65. The molecule has 4 atom stereocenters. The zero-order valence-corrected chi connectivity index (χ0v) is 13.5. The molecule has 4 unspecified atom stereocenters. The lowest BCUT2D eigenvalue weighted by molar-refractivity contribution is 0.460. The molecule has 0 saturated heterocycles. The average Bonchev–Trinajstić information content (AvgIpc) is 3.11. The Kier molecular flexibility index (Phi) is 3.35. The molecule has 0 spiro atoms. The third-order valence-electron chi connectivity index (χ3n) is 5.32. The lowest BCUT2D eigenvalue weighted by Gasteiger charge is -2.15. The standard InChI is InChI=1S/C18H22N2S/c1-11-20-13(10-21-11)9-16(19-2)18-15-8-7-12-5-3-4-6-14(12)17(15)18/h3-6,10,15-19H,7-9H2,1-2H3. The highest BCUT2D eigenvalue weighted by molar-refractivity contribution is 7.09. The minimum Gasteiger partial charge on any atom is -0.316 e. The molecular formula is C18H22N2S. The normalized spacial score (nSPS) is 27.8. The SMILES string of the molecule is CNC(Cc1csc(C)n1)C1C2CCc3ccccc3C21. The van der Waals surface area contributed by atoms with Crippen LogP contribution >= 0.6 is 11.3 Å². The van der Waals surface area contributed by atoms with Gasteiger partial charge in [-0.1, -0.05) is 24.3 Å². The van der Waals surface area contributed by atoms with Gasteiger partial charge in [0.05, 0.1) is 10.7 Å². The number of nitrogens with zero attached hydrogens (tertiary/aromatic N) is 1. The quantitative estimate of drug-likeness (QED) is 0.933. The number of hydrogen-bond donors (Lipinski definition) is 1. The Balaban J connectivity index is 1.54. The molecule has 21 heavy (non-hydrogen) atoms. The van der Waals surface area contributed by atoms with Gasteiger partial charge in [0.1, 0.15) is 0 Å². The van der Waals surface area contributed by atoms with Crippen molar-refractivity contribution in [1.82, 2.24) is 10.3 Å². The van der Waals surface area contributed by atoms with Gasteiger partial charge in [0, 0.05) is 17.8 Å². The Hall–Kier alpha value is -1.19. The molecule has 1 N–H and O–H groups in total. The molecule has 2 nitrogen and oxygen atoms in total. The van der Waals surface area contributed by atoms with E-state index in [1.807, 2.05) is 0 Å². The lowest BCUT2D eigenvalue weighted by Crippen LogP contribution is -2.31. The van der Waals surface area contributed by atoms with E-state index in [4.69, 9.17) is 0 Å². The van der Waals surface area contributed by atoms with Crippen molar-refractivity contribution < 1.29 is 0 Å². The molecule has 0 aliphatic heterocycles. The third-order valence-corrected chi connectivity index (χ3v) is 6.14. The second-order valence-corrected chi connectivity index (χ2v) is 7.52. The van der Waals surface area contributed by atoms with Crippen molar-refractivity contribution in [2.24, 2.45) is 11.8 Å². The molecular weight excluding hydrogens is 276 g/mol. The Labute approximate surface area is 130 Å². The highest BCUT2D eigenvalue weighted by Gasteiger charge is 2.55. The lowest BCUT2D eigenvalue weighted by atomic mass is 9.92. The predicted molar refractivity (Wildman–Crippen MR) is 87.9 cm³/mol. The maximum absolute atomic E-state index is 4.65. The second-order valence-electron chi connectivity index (χ2n) is 6.46. The van der Waals surface area contributed by atoms with Gasteiger partial charge in [0.25, 0.3) is 0 Å². The Bertz CT molecular complexity index is 648. The van der Waals surface area contributed by atoms with Gasteiger partial charge in [-0.15, -0.1) is 11.3 Å². The van der Waals surface area contributed by atoms with E-state index in [1.54, 1.807) is 22.5 Å². The van der Waals surface area contributed by atoms with Gasteiger partial charge >= 0.3 is 0 Å². The molecule has 1 saturated carbocycles. The van der Waals surface area contributed by atoms with E-state index in [2.05, 4.69) is 53.9 Å². The summed E-state index contributed by atoms with van der Waals surface area (Å²) in [5, 5.41) is 6.97. The smallest absolute Gasteiger partial charge is 0.0897 e. The molecule has 1 heterocycles. The molecule has 3 heteroatoms. The molecule has 2 aliphatic rings. The Morgan fingerprint density at radius 2 is 2.24 bits per heavy atom. The van der Waals surface area contributed by atoms with Gasteiger partial charge < -0.3 is 5.32 Å². The first kappa shape index (κ1) is 13.5. The molecule has 0 radical (unpaired) electrons. The van der Waals surface area contributed by atoms with Gasteiger partial charge in [-0.3, -0.25) is 0 Å². The number of thiazole rings is 1. The van der Waals surface area contributed by atoms with Crippen molar-refractivity contribution in [2.75, 3.05) is 7.05 Å². The largest absolute Gasteiger partial charge is 0.316 e. The fourth-order valence-corrected chi connectivity index (χ4v) is 4.95. The Morgan fingerprint density at radius 3 is 3.00 bits per heavy atom. The van der Waals surface area contributed by atoms with E-state index in [9.17, 15) is 0 Å². The van der Waals surface area contributed by atoms with Crippen LogP contribution in [0, 0.1) is 18.8 Å². The summed E-state index contributed by atoms with van der Waals surface area (Å²) < 4.78 is 0. The Morgan fingerprint density at radius 1 is 1.38 bits per heavy atom. The number of aryl methyl sites for hydroxylation is 2. The van der Waals surface area contributed by atoms with E-state index in [1.165, 1.54) is 23.5 Å². The van der Waals surface area contributed by atoms with Crippen molar-refractivity contribution in [1.29, 1.82) is 0 Å². The zero-order chi connectivity index (χ0) is 14.4. The van der Waals surface area contributed by atoms with E-state index in [0.717, 1.165) is 24.2 Å². The first-order valence-corrected chi connectivity index (χ1v) is 8.82. The highest BCUT2D eigenvalue weighted by Crippen LogP contribution is 2.61. The molecule has 110 valence electrons. The van der Waals surface area contributed by atoms with Crippen molar-refractivity contribution in [3.63, 3.8) is 0 Å². The third kappa shape index (κ3) is 2.33. The summed E-state index contributed by atoms with van der Waals surface area (Å²) in [5.41, 5.74) is 4.46. The minimum absolute atomic E-state index is 0.563. The number of nitrogens with one attached hydrogen (secondary N) is 1. The van der Waals surface area contributed by atoms with Crippen LogP contribution in [0.2, 0.25) is 0 Å². The van der Waals surface area contributed by atoms with Gasteiger partial charge in [0.2, 0.25) is 0 Å². The van der Waals surface area contributed by atoms with E-state index in [0.29, 0.717) is 6.04 Å². The zero-order valence-electron chi connectivity index (χ0n) is 12.7. The second kappa shape index (κ2) is 5.22. The van der Waals surface area contributed by atoms with E-state index >= 15 is 0 Å². The van der Waals surface area contributed by atoms with E-state index < -0.39 is 0 Å². The summed E-state index contributed by atoms with van der Waals surface area (Å²) in [6.07, 6.45) is 3.70. The van der Waals surface area contributed by atoms with Gasteiger partial charge in [0.15, 0.2) is 0 Å². The summed E-state index contributed by atoms with van der Waals surface area (Å²) in [4.78, 5) is 4.65. The maximum Gasteiger partial charge on any atom is 0.0897 e. The number of likely N-dealkylation sites (N-methyl/N-ethyl adjacent to an activating group) is 1. The van der Waals surface area contributed by atoms with Crippen LogP contribution in [-0.2, 0) is 12.8 Å². The van der Waals surface area contributed by atoms with Crippen LogP contribution in [0.4, 0.5) is 0 Å². The topological polar surface area (TPSA) is 24.9 Å².